The second-order valence-electron chi connectivity index (χ2n) is 5.62. The molecular weight excluding hydrogens is 252 g/mol. The summed E-state index contributed by atoms with van der Waals surface area (Å²) in [6.45, 7) is 7.10. The zero-order valence-corrected chi connectivity index (χ0v) is 12.5. The Morgan fingerprint density at radius 2 is 2.20 bits per heavy atom. The minimum Gasteiger partial charge on any atom is -0.491 e. The summed E-state index contributed by atoms with van der Waals surface area (Å²) in [6, 6.07) is 8.99. The highest BCUT2D eigenvalue weighted by molar-refractivity contribution is 5.36. The van der Waals surface area contributed by atoms with Crippen molar-refractivity contribution in [2.45, 2.75) is 45.3 Å². The van der Waals surface area contributed by atoms with Crippen LogP contribution in [0, 0.1) is 11.3 Å². The second kappa shape index (κ2) is 7.88. The van der Waals surface area contributed by atoms with E-state index in [1.165, 1.54) is 0 Å². The fourth-order valence-electron chi connectivity index (χ4n) is 2.01. The first kappa shape index (κ1) is 16.5. The number of rotatable bonds is 8. The number of aliphatic hydroxyl groups excluding tert-OH is 1. The molecule has 1 aromatic rings. The van der Waals surface area contributed by atoms with Gasteiger partial charge in [-0.2, -0.15) is 5.26 Å². The molecule has 0 bridgehead atoms. The highest BCUT2D eigenvalue weighted by atomic mass is 16.5. The first-order valence-corrected chi connectivity index (χ1v) is 7.03. The summed E-state index contributed by atoms with van der Waals surface area (Å²) in [6.07, 6.45) is 1.59. The number of hydrogen-bond acceptors (Lipinski definition) is 4. The zero-order chi connectivity index (χ0) is 15.0. The Morgan fingerprint density at radius 1 is 1.45 bits per heavy atom. The van der Waals surface area contributed by atoms with Crippen LogP contribution in [-0.4, -0.2) is 29.9 Å². The summed E-state index contributed by atoms with van der Waals surface area (Å²) in [5, 5.41) is 22.1. The Hall–Kier alpha value is -1.57. The minimum absolute atomic E-state index is 0.0243. The summed E-state index contributed by atoms with van der Waals surface area (Å²) in [5.74, 6) is 0.607. The lowest BCUT2D eigenvalue weighted by atomic mass is 9.99. The van der Waals surface area contributed by atoms with E-state index < -0.39 is 6.10 Å². The molecule has 1 aromatic carbocycles. The van der Waals surface area contributed by atoms with Crippen LogP contribution in [0.1, 0.15) is 39.2 Å². The molecular formula is C16H24N2O2. The molecule has 0 fully saturated rings. The van der Waals surface area contributed by atoms with E-state index in [2.05, 4.69) is 32.2 Å². The lowest BCUT2D eigenvalue weighted by Crippen LogP contribution is -2.44. The number of nitrogens with zero attached hydrogens (tertiary/aromatic N) is 1. The van der Waals surface area contributed by atoms with Crippen molar-refractivity contribution >= 4 is 0 Å². The van der Waals surface area contributed by atoms with Crippen LogP contribution in [0.5, 0.6) is 5.75 Å². The highest BCUT2D eigenvalue weighted by Gasteiger charge is 2.17. The van der Waals surface area contributed by atoms with Crippen LogP contribution in [0.2, 0.25) is 0 Å². The number of benzene rings is 1. The van der Waals surface area contributed by atoms with Gasteiger partial charge in [0.05, 0.1) is 11.6 Å². The molecule has 2 N–H and O–H groups in total. The van der Waals surface area contributed by atoms with Crippen molar-refractivity contribution in [3.05, 3.63) is 29.8 Å². The van der Waals surface area contributed by atoms with Gasteiger partial charge in [0, 0.05) is 12.1 Å². The van der Waals surface area contributed by atoms with Crippen LogP contribution in [0.3, 0.4) is 0 Å². The number of ether oxygens (including phenoxy) is 1. The van der Waals surface area contributed by atoms with Crippen LogP contribution in [0.15, 0.2) is 24.3 Å². The van der Waals surface area contributed by atoms with Gasteiger partial charge in [-0.3, -0.25) is 0 Å². The van der Waals surface area contributed by atoms with E-state index >= 15 is 0 Å². The maximum Gasteiger partial charge on any atom is 0.120 e. The van der Waals surface area contributed by atoms with Gasteiger partial charge >= 0.3 is 0 Å². The Balaban J connectivity index is 2.36. The Bertz CT molecular complexity index is 452. The molecule has 0 aliphatic carbocycles. The molecule has 0 radical (unpaired) electrons. The summed E-state index contributed by atoms with van der Waals surface area (Å²) in [5.41, 5.74) is 0.579. The van der Waals surface area contributed by atoms with Crippen molar-refractivity contribution in [1.29, 1.82) is 5.26 Å². The fourth-order valence-corrected chi connectivity index (χ4v) is 2.01. The summed E-state index contributed by atoms with van der Waals surface area (Å²) in [7, 11) is 0. The van der Waals surface area contributed by atoms with Gasteiger partial charge in [0.1, 0.15) is 18.5 Å². The highest BCUT2D eigenvalue weighted by Crippen LogP contribution is 2.13. The summed E-state index contributed by atoms with van der Waals surface area (Å²) in [4.78, 5) is 0. The van der Waals surface area contributed by atoms with Crippen molar-refractivity contribution in [1.82, 2.24) is 5.32 Å². The van der Waals surface area contributed by atoms with Gasteiger partial charge in [-0.15, -0.1) is 0 Å². The molecule has 0 aliphatic heterocycles. The van der Waals surface area contributed by atoms with E-state index in [9.17, 15) is 5.11 Å². The van der Waals surface area contributed by atoms with Crippen LogP contribution < -0.4 is 10.1 Å². The summed E-state index contributed by atoms with van der Waals surface area (Å²) < 4.78 is 5.49. The molecule has 20 heavy (non-hydrogen) atoms. The normalized spacial score (nSPS) is 12.8. The maximum absolute atomic E-state index is 9.92. The van der Waals surface area contributed by atoms with E-state index in [0.717, 1.165) is 12.8 Å². The molecule has 0 aromatic heterocycles. The molecule has 1 unspecified atom stereocenters. The number of hydrogen-bond donors (Lipinski definition) is 2. The molecule has 0 aliphatic rings. The first-order valence-electron chi connectivity index (χ1n) is 7.03. The zero-order valence-electron chi connectivity index (χ0n) is 12.5. The van der Waals surface area contributed by atoms with Crippen molar-refractivity contribution < 1.29 is 9.84 Å². The lowest BCUT2D eigenvalue weighted by Gasteiger charge is -2.27. The van der Waals surface area contributed by atoms with Crippen molar-refractivity contribution in [2.24, 2.45) is 0 Å². The van der Waals surface area contributed by atoms with Crippen molar-refractivity contribution in [3.63, 3.8) is 0 Å². The molecule has 1 rings (SSSR count). The molecule has 0 spiro atoms. The van der Waals surface area contributed by atoms with Crippen LogP contribution in [0.25, 0.3) is 0 Å². The van der Waals surface area contributed by atoms with E-state index in [-0.39, 0.29) is 12.1 Å². The molecule has 0 saturated heterocycles. The Kier molecular flexibility index (Phi) is 6.50. The minimum atomic E-state index is -0.572. The van der Waals surface area contributed by atoms with E-state index in [1.807, 2.05) is 0 Å². The average Bonchev–Trinajstić information content (AvgIpc) is 2.43. The number of β-amino-alcohol motifs (C(OH)–C–C–N with tert-alkyl or cyclic N) is 1. The Morgan fingerprint density at radius 3 is 2.85 bits per heavy atom. The number of nitriles is 1. The second-order valence-corrected chi connectivity index (χ2v) is 5.62. The van der Waals surface area contributed by atoms with Gasteiger partial charge in [0.2, 0.25) is 0 Å². The van der Waals surface area contributed by atoms with Gasteiger partial charge in [-0.25, -0.2) is 0 Å². The third-order valence-electron chi connectivity index (χ3n) is 3.10. The number of nitrogens with one attached hydrogen (secondary N) is 1. The third kappa shape index (κ3) is 6.05. The number of aliphatic hydroxyl groups is 1. The predicted octanol–water partition coefficient (Wildman–Crippen LogP) is 2.47. The largest absolute Gasteiger partial charge is 0.491 e. The topological polar surface area (TPSA) is 65.3 Å². The molecule has 110 valence electrons. The molecule has 4 nitrogen and oxygen atoms in total. The quantitative estimate of drug-likeness (QED) is 0.765. The van der Waals surface area contributed by atoms with Gasteiger partial charge in [-0.05, 0) is 38.5 Å². The van der Waals surface area contributed by atoms with Crippen LogP contribution >= 0.6 is 0 Å². The van der Waals surface area contributed by atoms with Gasteiger partial charge in [-0.1, -0.05) is 19.4 Å². The van der Waals surface area contributed by atoms with Gasteiger partial charge in [0.25, 0.3) is 0 Å². The first-order chi connectivity index (χ1) is 9.46. The molecule has 0 heterocycles. The van der Waals surface area contributed by atoms with E-state index in [0.29, 0.717) is 17.9 Å². The SMILES string of the molecule is CCCC(C)(C)NCC(O)COc1cccc(C#N)c1. The van der Waals surface area contributed by atoms with Crippen LogP contribution in [0.4, 0.5) is 0 Å². The fraction of sp³-hybridized carbons (Fsp3) is 0.562. The molecule has 0 saturated carbocycles. The summed E-state index contributed by atoms with van der Waals surface area (Å²) >= 11 is 0. The van der Waals surface area contributed by atoms with E-state index in [4.69, 9.17) is 10.00 Å². The lowest BCUT2D eigenvalue weighted by molar-refractivity contribution is 0.0981. The smallest absolute Gasteiger partial charge is 0.120 e. The van der Waals surface area contributed by atoms with Crippen LogP contribution in [-0.2, 0) is 0 Å². The molecule has 0 amide bonds. The van der Waals surface area contributed by atoms with Gasteiger partial charge < -0.3 is 15.2 Å². The van der Waals surface area contributed by atoms with Gasteiger partial charge in [0.15, 0.2) is 0 Å². The average molecular weight is 276 g/mol. The Labute approximate surface area is 121 Å². The van der Waals surface area contributed by atoms with E-state index in [1.54, 1.807) is 24.3 Å². The standard InChI is InChI=1S/C16H24N2O2/c1-4-8-16(2,3)18-11-14(19)12-20-15-7-5-6-13(9-15)10-17/h5-7,9,14,18-19H,4,8,11-12H2,1-3H3. The third-order valence-corrected chi connectivity index (χ3v) is 3.10. The maximum atomic E-state index is 9.92. The van der Waals surface area contributed by atoms with Crippen molar-refractivity contribution in [2.75, 3.05) is 13.2 Å². The molecule has 4 heteroatoms. The van der Waals surface area contributed by atoms with Crippen molar-refractivity contribution in [3.8, 4) is 11.8 Å². The predicted molar refractivity (Wildman–Crippen MR) is 79.6 cm³/mol. The molecule has 1 atom stereocenters. The monoisotopic (exact) mass is 276 g/mol.